The molecular weight excluding hydrogens is 181 g/mol. The Balaban J connectivity index is 2.74. The lowest BCUT2D eigenvalue weighted by Gasteiger charge is -2.07. The average molecular weight is 193 g/mol. The van der Waals surface area contributed by atoms with Crippen LogP contribution in [0.15, 0.2) is 24.4 Å². The third-order valence-electron chi connectivity index (χ3n) is 2.45. The van der Waals surface area contributed by atoms with Gasteiger partial charge in [-0.1, -0.05) is 0 Å². The van der Waals surface area contributed by atoms with Gasteiger partial charge >= 0.3 is 0 Å². The van der Waals surface area contributed by atoms with Crippen LogP contribution in [-0.2, 0) is 7.05 Å². The fourth-order valence-electron chi connectivity index (χ4n) is 1.62. The number of rotatable bonds is 1. The summed E-state index contributed by atoms with van der Waals surface area (Å²) in [6.07, 6.45) is 1.10. The lowest BCUT2D eigenvalue weighted by Crippen LogP contribution is -1.96. The average Bonchev–Trinajstić information content (AvgIpc) is 2.46. The number of aromatic nitrogens is 1. The zero-order valence-electron chi connectivity index (χ0n) is 8.16. The summed E-state index contributed by atoms with van der Waals surface area (Å²) in [5.74, 6) is -0.348. The molecule has 3 heteroatoms. The van der Waals surface area contributed by atoms with Crippen LogP contribution in [-0.4, -0.2) is 9.67 Å². The first-order valence-corrected chi connectivity index (χ1v) is 4.52. The van der Waals surface area contributed by atoms with Crippen LogP contribution < -0.4 is 0 Å². The van der Waals surface area contributed by atoms with Gasteiger partial charge in [0.2, 0.25) is 0 Å². The Morgan fingerprint density at radius 3 is 2.79 bits per heavy atom. The van der Waals surface area contributed by atoms with Crippen molar-refractivity contribution in [2.24, 2.45) is 7.05 Å². The van der Waals surface area contributed by atoms with E-state index in [9.17, 15) is 9.50 Å². The zero-order valence-corrected chi connectivity index (χ0v) is 8.16. The minimum absolute atomic E-state index is 0.347. The van der Waals surface area contributed by atoms with E-state index >= 15 is 0 Å². The summed E-state index contributed by atoms with van der Waals surface area (Å²) in [5.41, 5.74) is 1.28. The first-order valence-electron chi connectivity index (χ1n) is 4.52. The lowest BCUT2D eigenvalue weighted by molar-refractivity contribution is 0.194. The predicted molar refractivity (Wildman–Crippen MR) is 53.5 cm³/mol. The van der Waals surface area contributed by atoms with Gasteiger partial charge in [0.1, 0.15) is 5.82 Å². The number of aryl methyl sites for hydroxylation is 1. The molecule has 1 aromatic heterocycles. The van der Waals surface area contributed by atoms with E-state index in [1.807, 2.05) is 23.9 Å². The molecule has 2 aromatic rings. The topological polar surface area (TPSA) is 25.2 Å². The summed E-state index contributed by atoms with van der Waals surface area (Å²) >= 11 is 0. The van der Waals surface area contributed by atoms with Crippen molar-refractivity contribution in [1.29, 1.82) is 0 Å². The first-order chi connectivity index (χ1) is 6.59. The maximum Gasteiger partial charge on any atom is 0.129 e. The van der Waals surface area contributed by atoms with Gasteiger partial charge in [0.25, 0.3) is 0 Å². The molecule has 0 bridgehead atoms. The first kappa shape index (κ1) is 9.21. The molecule has 0 aliphatic rings. The second-order valence-electron chi connectivity index (χ2n) is 3.54. The van der Waals surface area contributed by atoms with Gasteiger partial charge < -0.3 is 9.67 Å². The number of halogens is 1. The van der Waals surface area contributed by atoms with Crippen molar-refractivity contribution in [3.05, 3.63) is 35.8 Å². The maximum absolute atomic E-state index is 13.4. The van der Waals surface area contributed by atoms with E-state index in [-0.39, 0.29) is 5.82 Å². The standard InChI is InChI=1S/C11H12FNO/c1-7(14)9-6-11-8(5-10(9)12)3-4-13(11)2/h3-7,14H,1-2H3. The molecular formula is C11H12FNO. The van der Waals surface area contributed by atoms with Crippen molar-refractivity contribution >= 4 is 10.9 Å². The molecule has 0 aliphatic heterocycles. The van der Waals surface area contributed by atoms with Gasteiger partial charge in [0.15, 0.2) is 0 Å². The number of hydrogen-bond acceptors (Lipinski definition) is 1. The van der Waals surface area contributed by atoms with Gasteiger partial charge in [0, 0.05) is 29.7 Å². The maximum atomic E-state index is 13.4. The summed E-state index contributed by atoms with van der Waals surface area (Å²) in [5, 5.41) is 10.2. The molecule has 0 fully saturated rings. The fourth-order valence-corrected chi connectivity index (χ4v) is 1.62. The van der Waals surface area contributed by atoms with Gasteiger partial charge in [-0.15, -0.1) is 0 Å². The van der Waals surface area contributed by atoms with Crippen LogP contribution in [0.4, 0.5) is 4.39 Å². The molecule has 0 amide bonds. The third kappa shape index (κ3) is 1.30. The van der Waals surface area contributed by atoms with Crippen LogP contribution in [0.3, 0.4) is 0 Å². The second kappa shape index (κ2) is 3.10. The Kier molecular flexibility index (Phi) is 2.04. The highest BCUT2D eigenvalue weighted by Gasteiger charge is 2.10. The van der Waals surface area contributed by atoms with E-state index in [4.69, 9.17) is 0 Å². The number of benzene rings is 1. The van der Waals surface area contributed by atoms with Crippen LogP contribution in [0.25, 0.3) is 10.9 Å². The van der Waals surface area contributed by atoms with E-state index in [0.29, 0.717) is 5.56 Å². The molecule has 0 saturated carbocycles. The molecule has 1 N–H and O–H groups in total. The van der Waals surface area contributed by atoms with Crippen LogP contribution in [0.2, 0.25) is 0 Å². The molecule has 2 rings (SSSR count). The van der Waals surface area contributed by atoms with Crippen LogP contribution >= 0.6 is 0 Å². The van der Waals surface area contributed by atoms with E-state index < -0.39 is 6.10 Å². The van der Waals surface area contributed by atoms with Gasteiger partial charge in [0.05, 0.1) is 6.10 Å². The van der Waals surface area contributed by atoms with E-state index in [2.05, 4.69) is 0 Å². The fraction of sp³-hybridized carbons (Fsp3) is 0.273. The third-order valence-corrected chi connectivity index (χ3v) is 2.45. The van der Waals surface area contributed by atoms with Gasteiger partial charge in [-0.2, -0.15) is 0 Å². The summed E-state index contributed by atoms with van der Waals surface area (Å²) in [7, 11) is 1.89. The Morgan fingerprint density at radius 1 is 1.43 bits per heavy atom. The quantitative estimate of drug-likeness (QED) is 0.739. The summed E-state index contributed by atoms with van der Waals surface area (Å²) < 4.78 is 15.3. The van der Waals surface area contributed by atoms with Crippen molar-refractivity contribution in [2.75, 3.05) is 0 Å². The van der Waals surface area contributed by atoms with E-state index in [1.165, 1.54) is 6.07 Å². The Labute approximate surface area is 81.6 Å². The molecule has 0 aliphatic carbocycles. The van der Waals surface area contributed by atoms with Crippen LogP contribution in [0.5, 0.6) is 0 Å². The van der Waals surface area contributed by atoms with Gasteiger partial charge in [-0.25, -0.2) is 4.39 Å². The highest BCUT2D eigenvalue weighted by Crippen LogP contribution is 2.23. The minimum Gasteiger partial charge on any atom is -0.389 e. The molecule has 1 aromatic carbocycles. The highest BCUT2D eigenvalue weighted by molar-refractivity contribution is 5.81. The molecule has 74 valence electrons. The molecule has 1 heterocycles. The largest absolute Gasteiger partial charge is 0.389 e. The SMILES string of the molecule is CC(O)c1cc2c(ccn2C)cc1F. The van der Waals surface area contributed by atoms with Crippen LogP contribution in [0.1, 0.15) is 18.6 Å². The molecule has 14 heavy (non-hydrogen) atoms. The Bertz CT molecular complexity index is 473. The number of nitrogens with zero attached hydrogens (tertiary/aromatic N) is 1. The number of aliphatic hydroxyl groups excluding tert-OH is 1. The monoisotopic (exact) mass is 193 g/mol. The second-order valence-corrected chi connectivity index (χ2v) is 3.54. The van der Waals surface area contributed by atoms with E-state index in [1.54, 1.807) is 13.0 Å². The van der Waals surface area contributed by atoms with Gasteiger partial charge in [-0.05, 0) is 25.1 Å². The summed E-state index contributed by atoms with van der Waals surface area (Å²) in [6, 6.07) is 5.00. The molecule has 1 unspecified atom stereocenters. The smallest absolute Gasteiger partial charge is 0.129 e. The molecule has 2 nitrogen and oxygen atoms in total. The van der Waals surface area contributed by atoms with Crippen molar-refractivity contribution in [2.45, 2.75) is 13.0 Å². The zero-order chi connectivity index (χ0) is 10.3. The Morgan fingerprint density at radius 2 is 2.14 bits per heavy atom. The van der Waals surface area contributed by atoms with Crippen molar-refractivity contribution in [1.82, 2.24) is 4.57 Å². The van der Waals surface area contributed by atoms with Crippen LogP contribution in [0, 0.1) is 5.82 Å². The molecule has 0 radical (unpaired) electrons. The van der Waals surface area contributed by atoms with Crippen molar-refractivity contribution in [3.63, 3.8) is 0 Å². The Hall–Kier alpha value is -1.35. The molecule has 1 atom stereocenters. The van der Waals surface area contributed by atoms with Gasteiger partial charge in [-0.3, -0.25) is 0 Å². The number of fused-ring (bicyclic) bond motifs is 1. The predicted octanol–water partition coefficient (Wildman–Crippen LogP) is 2.37. The van der Waals surface area contributed by atoms with Crippen molar-refractivity contribution < 1.29 is 9.50 Å². The molecule has 0 spiro atoms. The van der Waals surface area contributed by atoms with E-state index in [0.717, 1.165) is 10.9 Å². The number of hydrogen-bond donors (Lipinski definition) is 1. The lowest BCUT2D eigenvalue weighted by atomic mass is 10.1. The normalized spacial score (nSPS) is 13.4. The highest BCUT2D eigenvalue weighted by atomic mass is 19.1. The van der Waals surface area contributed by atoms with Crippen molar-refractivity contribution in [3.8, 4) is 0 Å². The minimum atomic E-state index is -0.769. The molecule has 0 saturated heterocycles. The summed E-state index contributed by atoms with van der Waals surface area (Å²) in [4.78, 5) is 0. The number of aliphatic hydroxyl groups is 1. The summed E-state index contributed by atoms with van der Waals surface area (Å²) in [6.45, 7) is 1.56.